The summed E-state index contributed by atoms with van der Waals surface area (Å²) in [6.07, 6.45) is 0.837. The fourth-order valence-corrected chi connectivity index (χ4v) is 5.99. The van der Waals surface area contributed by atoms with Gasteiger partial charge in [-0.2, -0.15) is 0 Å². The molecule has 2 heterocycles. The molecule has 1 aliphatic rings. The van der Waals surface area contributed by atoms with Gasteiger partial charge in [0, 0.05) is 23.7 Å². The molecule has 1 atom stereocenters. The summed E-state index contributed by atoms with van der Waals surface area (Å²) in [5.74, 6) is -0.622. The van der Waals surface area contributed by atoms with Crippen molar-refractivity contribution in [3.8, 4) is 22.8 Å². The van der Waals surface area contributed by atoms with Gasteiger partial charge < -0.3 is 14.7 Å². The van der Waals surface area contributed by atoms with Gasteiger partial charge in [-0.05, 0) is 68.5 Å². The number of benzene rings is 2. The Balaban J connectivity index is 1.77. The Labute approximate surface area is 228 Å². The lowest BCUT2D eigenvalue weighted by Gasteiger charge is -2.34. The number of pyridine rings is 1. The van der Waals surface area contributed by atoms with Crippen molar-refractivity contribution >= 4 is 21.7 Å². The topological polar surface area (TPSA) is 109 Å². The minimum atomic E-state index is -4.37. The number of hydrogen-bond acceptors (Lipinski definition) is 7. The molecule has 1 saturated heterocycles. The molecule has 8 nitrogen and oxygen atoms in total. The summed E-state index contributed by atoms with van der Waals surface area (Å²) >= 11 is 0. The van der Waals surface area contributed by atoms with Crippen molar-refractivity contribution in [1.29, 1.82) is 0 Å². The Bertz CT molecular complexity index is 1490. The SMILES string of the molecule is CC(C)COc1cc(F)cc(-c2ccc(C(=O)NS(=O)(=O)c3ccccc3O)c(N3C[C@@H](C)CC3(C)C)n2)c1. The van der Waals surface area contributed by atoms with Gasteiger partial charge in [0.25, 0.3) is 15.9 Å². The summed E-state index contributed by atoms with van der Waals surface area (Å²) in [6, 6.07) is 12.8. The maximum atomic E-state index is 14.5. The average molecular weight is 556 g/mol. The number of nitrogens with one attached hydrogen (secondary N) is 1. The monoisotopic (exact) mass is 555 g/mol. The number of para-hydroxylation sites is 1. The molecule has 0 aliphatic carbocycles. The molecule has 10 heteroatoms. The van der Waals surface area contributed by atoms with Crippen LogP contribution in [0.25, 0.3) is 11.3 Å². The summed E-state index contributed by atoms with van der Waals surface area (Å²) in [6.45, 7) is 11.2. The number of carbonyl (C=O) groups excluding carboxylic acids is 1. The smallest absolute Gasteiger partial charge is 0.268 e. The number of carbonyl (C=O) groups is 1. The van der Waals surface area contributed by atoms with E-state index in [1.807, 2.05) is 32.6 Å². The second-order valence-electron chi connectivity index (χ2n) is 11.1. The number of aromatic nitrogens is 1. The number of phenols is 1. The van der Waals surface area contributed by atoms with Crippen molar-refractivity contribution in [1.82, 2.24) is 9.71 Å². The summed E-state index contributed by atoms with van der Waals surface area (Å²) in [5, 5.41) is 10.0. The Kier molecular flexibility index (Phi) is 7.88. The molecule has 1 amide bonds. The van der Waals surface area contributed by atoms with E-state index in [1.165, 1.54) is 42.5 Å². The quantitative estimate of drug-likeness (QED) is 0.385. The molecule has 0 bridgehead atoms. The van der Waals surface area contributed by atoms with Crippen LogP contribution in [-0.2, 0) is 10.0 Å². The highest BCUT2D eigenvalue weighted by atomic mass is 32.2. The zero-order chi connectivity index (χ0) is 28.5. The molecule has 0 saturated carbocycles. The maximum absolute atomic E-state index is 14.5. The molecule has 3 aromatic rings. The number of aromatic hydroxyl groups is 1. The highest BCUT2D eigenvalue weighted by molar-refractivity contribution is 7.90. The number of ether oxygens (including phenoxy) is 1. The van der Waals surface area contributed by atoms with Crippen LogP contribution in [0, 0.1) is 17.7 Å². The lowest BCUT2D eigenvalue weighted by molar-refractivity contribution is 0.0981. The molecule has 0 spiro atoms. The molecule has 2 N–H and O–H groups in total. The van der Waals surface area contributed by atoms with E-state index in [-0.39, 0.29) is 17.0 Å². The first kappa shape index (κ1) is 28.4. The Morgan fingerprint density at radius 2 is 1.92 bits per heavy atom. The zero-order valence-electron chi connectivity index (χ0n) is 22.7. The van der Waals surface area contributed by atoms with Gasteiger partial charge in [0.05, 0.1) is 17.9 Å². The second kappa shape index (κ2) is 10.8. The summed E-state index contributed by atoms with van der Waals surface area (Å²) < 4.78 is 48.2. The standard InChI is InChI=1S/C29H34FN3O5S/c1-18(2)17-38-22-13-20(12-21(30)14-22)24-11-10-23(27(31-24)33-16-19(3)15-29(33,4)5)28(35)32-39(36,37)26-9-7-6-8-25(26)34/h6-14,18-19,34H,15-17H2,1-5H3,(H,32,35)/t19-/m0/s1. The number of rotatable bonds is 8. The number of hydrogen-bond donors (Lipinski definition) is 2. The molecular weight excluding hydrogens is 521 g/mol. The van der Waals surface area contributed by atoms with Crippen molar-refractivity contribution in [2.45, 2.75) is 51.5 Å². The molecule has 39 heavy (non-hydrogen) atoms. The first-order valence-corrected chi connectivity index (χ1v) is 14.3. The Morgan fingerprint density at radius 3 is 2.56 bits per heavy atom. The Hall–Kier alpha value is -3.66. The molecule has 208 valence electrons. The zero-order valence-corrected chi connectivity index (χ0v) is 23.5. The largest absolute Gasteiger partial charge is 0.507 e. The average Bonchev–Trinajstić information content (AvgIpc) is 3.13. The minimum absolute atomic E-state index is 0.0487. The van der Waals surface area contributed by atoms with Gasteiger partial charge in [0.15, 0.2) is 0 Å². The lowest BCUT2D eigenvalue weighted by Crippen LogP contribution is -2.41. The van der Waals surface area contributed by atoms with Crippen molar-refractivity contribution in [3.63, 3.8) is 0 Å². The van der Waals surface area contributed by atoms with E-state index in [1.54, 1.807) is 12.1 Å². The predicted molar refractivity (Wildman–Crippen MR) is 148 cm³/mol. The first-order valence-electron chi connectivity index (χ1n) is 12.8. The molecule has 1 fully saturated rings. The molecule has 2 aromatic carbocycles. The van der Waals surface area contributed by atoms with Gasteiger partial charge in [-0.15, -0.1) is 0 Å². The van der Waals surface area contributed by atoms with E-state index in [0.29, 0.717) is 41.9 Å². The third kappa shape index (κ3) is 6.33. The fraction of sp³-hybridized carbons (Fsp3) is 0.379. The maximum Gasteiger partial charge on any atom is 0.268 e. The number of halogens is 1. The van der Waals surface area contributed by atoms with Crippen LogP contribution >= 0.6 is 0 Å². The second-order valence-corrected chi connectivity index (χ2v) is 12.7. The number of amides is 1. The van der Waals surface area contributed by atoms with Crippen molar-refractivity contribution < 1.29 is 27.4 Å². The van der Waals surface area contributed by atoms with Crippen LogP contribution in [0.2, 0.25) is 0 Å². The van der Waals surface area contributed by atoms with E-state index < -0.39 is 32.4 Å². The Morgan fingerprint density at radius 1 is 1.21 bits per heavy atom. The number of anilines is 1. The number of sulfonamides is 1. The van der Waals surface area contributed by atoms with Crippen LogP contribution < -0.4 is 14.4 Å². The molecule has 1 aliphatic heterocycles. The van der Waals surface area contributed by atoms with Crippen molar-refractivity contribution in [2.75, 3.05) is 18.1 Å². The third-order valence-electron chi connectivity index (χ3n) is 6.58. The lowest BCUT2D eigenvalue weighted by atomic mass is 9.97. The highest BCUT2D eigenvalue weighted by Gasteiger charge is 2.39. The molecule has 0 radical (unpaired) electrons. The van der Waals surface area contributed by atoms with Gasteiger partial charge in [-0.3, -0.25) is 4.79 Å². The summed E-state index contributed by atoms with van der Waals surface area (Å²) in [5.41, 5.74) is 0.556. The summed E-state index contributed by atoms with van der Waals surface area (Å²) in [7, 11) is -4.37. The van der Waals surface area contributed by atoms with Crippen LogP contribution in [0.3, 0.4) is 0 Å². The molecule has 0 unspecified atom stereocenters. The van der Waals surface area contributed by atoms with Gasteiger partial charge in [0.2, 0.25) is 0 Å². The van der Waals surface area contributed by atoms with E-state index >= 15 is 0 Å². The van der Waals surface area contributed by atoms with Gasteiger partial charge in [0.1, 0.15) is 28.0 Å². The third-order valence-corrected chi connectivity index (χ3v) is 7.96. The van der Waals surface area contributed by atoms with Crippen molar-refractivity contribution in [2.24, 2.45) is 11.8 Å². The molecule has 4 rings (SSSR count). The van der Waals surface area contributed by atoms with Crippen LogP contribution in [0.15, 0.2) is 59.5 Å². The summed E-state index contributed by atoms with van der Waals surface area (Å²) in [4.78, 5) is 19.7. The van der Waals surface area contributed by atoms with Crippen molar-refractivity contribution in [3.05, 3.63) is 66.0 Å². The van der Waals surface area contributed by atoms with Crippen LogP contribution in [0.5, 0.6) is 11.5 Å². The highest BCUT2D eigenvalue weighted by Crippen LogP contribution is 2.39. The van der Waals surface area contributed by atoms with E-state index in [2.05, 4.69) is 11.6 Å². The first-order chi connectivity index (χ1) is 18.3. The molecule has 1 aromatic heterocycles. The van der Waals surface area contributed by atoms with Crippen LogP contribution in [0.4, 0.5) is 10.2 Å². The van der Waals surface area contributed by atoms with E-state index in [4.69, 9.17) is 9.72 Å². The number of phenolic OH excluding ortho intramolecular Hbond substituents is 1. The number of nitrogens with zero attached hydrogens (tertiary/aromatic N) is 2. The van der Waals surface area contributed by atoms with Crippen LogP contribution in [0.1, 0.15) is 51.4 Å². The van der Waals surface area contributed by atoms with Gasteiger partial charge in [-0.1, -0.05) is 32.9 Å². The van der Waals surface area contributed by atoms with Crippen LogP contribution in [-0.4, -0.2) is 43.1 Å². The van der Waals surface area contributed by atoms with E-state index in [0.717, 1.165) is 6.42 Å². The van der Waals surface area contributed by atoms with E-state index in [9.17, 15) is 22.7 Å². The normalized spacial score (nSPS) is 16.9. The minimum Gasteiger partial charge on any atom is -0.507 e. The predicted octanol–water partition coefficient (Wildman–Crippen LogP) is 5.37. The fourth-order valence-electron chi connectivity index (χ4n) is 4.92. The molecular formula is C29H34FN3O5S. The van der Waals surface area contributed by atoms with Gasteiger partial charge in [-0.25, -0.2) is 22.5 Å². The van der Waals surface area contributed by atoms with Gasteiger partial charge >= 0.3 is 0 Å².